The number of ether oxygens (including phenoxy) is 1. The number of benzene rings is 3. The molecule has 0 fully saturated rings. The highest BCUT2D eigenvalue weighted by Crippen LogP contribution is 2.30. The van der Waals surface area contributed by atoms with E-state index < -0.39 is 28.4 Å². The van der Waals surface area contributed by atoms with Gasteiger partial charge in [0, 0.05) is 6.54 Å². The van der Waals surface area contributed by atoms with Crippen LogP contribution in [0.15, 0.2) is 77.7 Å². The minimum absolute atomic E-state index is 0.0978. The number of nitrogens with zero attached hydrogens (tertiary/aromatic N) is 1. The van der Waals surface area contributed by atoms with Gasteiger partial charge in [0.15, 0.2) is 18.2 Å². The fourth-order valence-electron chi connectivity index (χ4n) is 3.15. The molecule has 3 aromatic carbocycles. The summed E-state index contributed by atoms with van der Waals surface area (Å²) in [5.74, 6) is -1.92. The van der Waals surface area contributed by atoms with Crippen molar-refractivity contribution >= 4 is 21.7 Å². The monoisotopic (exact) mass is 457 g/mol. The zero-order valence-electron chi connectivity index (χ0n) is 17.7. The van der Waals surface area contributed by atoms with Crippen molar-refractivity contribution in [3.8, 4) is 16.9 Å². The normalized spacial score (nSPS) is 11.4. The summed E-state index contributed by atoms with van der Waals surface area (Å²) in [5.41, 5.74) is 1.74. The molecule has 3 aromatic rings. The molecule has 0 bridgehead atoms. The molecule has 0 aromatic heterocycles. The highest BCUT2D eigenvalue weighted by Gasteiger charge is 2.25. The molecule has 0 amide bonds. The van der Waals surface area contributed by atoms with Gasteiger partial charge in [0.2, 0.25) is 0 Å². The molecule has 0 heterocycles. The van der Waals surface area contributed by atoms with Gasteiger partial charge in [-0.2, -0.15) is 0 Å². The Morgan fingerprint density at radius 1 is 1.00 bits per heavy atom. The third-order valence-corrected chi connectivity index (χ3v) is 6.44. The van der Waals surface area contributed by atoms with Crippen LogP contribution in [0, 0.1) is 11.7 Å². The zero-order valence-corrected chi connectivity index (χ0v) is 18.5. The predicted molar refractivity (Wildman–Crippen MR) is 121 cm³/mol. The number of carbonyl (C=O) groups is 1. The fraction of sp³-hybridized carbons (Fsp3) is 0.208. The topological polar surface area (TPSA) is 83.9 Å². The number of hydrogen-bond acceptors (Lipinski definition) is 4. The van der Waals surface area contributed by atoms with Gasteiger partial charge in [0.05, 0.1) is 10.6 Å². The molecular formula is C24H24FNO5S. The van der Waals surface area contributed by atoms with Gasteiger partial charge in [-0.1, -0.05) is 50.2 Å². The van der Waals surface area contributed by atoms with Crippen LogP contribution in [0.3, 0.4) is 0 Å². The first-order valence-electron chi connectivity index (χ1n) is 10.0. The van der Waals surface area contributed by atoms with Crippen LogP contribution in [0.25, 0.3) is 11.1 Å². The number of aliphatic carboxylic acids is 1. The lowest BCUT2D eigenvalue weighted by Gasteiger charge is -2.26. The van der Waals surface area contributed by atoms with Crippen LogP contribution < -0.4 is 9.04 Å². The number of anilines is 1. The van der Waals surface area contributed by atoms with Crippen molar-refractivity contribution in [2.45, 2.75) is 18.7 Å². The van der Waals surface area contributed by atoms with Gasteiger partial charge in [0.1, 0.15) is 0 Å². The van der Waals surface area contributed by atoms with E-state index >= 15 is 0 Å². The zero-order chi connectivity index (χ0) is 23.3. The third-order valence-electron chi connectivity index (χ3n) is 4.63. The van der Waals surface area contributed by atoms with E-state index in [2.05, 4.69) is 0 Å². The van der Waals surface area contributed by atoms with Crippen LogP contribution in [0.4, 0.5) is 10.1 Å². The second-order valence-corrected chi connectivity index (χ2v) is 9.48. The molecule has 0 aliphatic carbocycles. The van der Waals surface area contributed by atoms with Gasteiger partial charge in [-0.3, -0.25) is 4.31 Å². The average Bonchev–Trinajstić information content (AvgIpc) is 2.77. The van der Waals surface area contributed by atoms with E-state index in [0.29, 0.717) is 23.4 Å². The minimum atomic E-state index is -3.74. The maximum Gasteiger partial charge on any atom is 0.341 e. The van der Waals surface area contributed by atoms with Crippen LogP contribution in [0.1, 0.15) is 13.8 Å². The highest BCUT2D eigenvalue weighted by atomic mass is 32.2. The molecule has 0 spiro atoms. The Labute approximate surface area is 186 Å². The van der Waals surface area contributed by atoms with Crippen molar-refractivity contribution < 1.29 is 27.4 Å². The van der Waals surface area contributed by atoms with Gasteiger partial charge < -0.3 is 9.84 Å². The molecule has 3 rings (SSSR count). The molecule has 32 heavy (non-hydrogen) atoms. The Hall–Kier alpha value is -3.39. The first-order chi connectivity index (χ1) is 15.2. The number of halogens is 1. The second kappa shape index (κ2) is 9.82. The van der Waals surface area contributed by atoms with Crippen molar-refractivity contribution in [2.24, 2.45) is 5.92 Å². The molecule has 0 atom stereocenters. The van der Waals surface area contributed by atoms with Crippen molar-refractivity contribution in [3.05, 3.63) is 78.6 Å². The molecule has 0 saturated carbocycles. The molecule has 6 nitrogen and oxygen atoms in total. The van der Waals surface area contributed by atoms with E-state index in [4.69, 9.17) is 9.84 Å². The fourth-order valence-corrected chi connectivity index (χ4v) is 4.80. The van der Waals surface area contributed by atoms with Crippen molar-refractivity contribution in [1.29, 1.82) is 0 Å². The Morgan fingerprint density at radius 3 is 2.19 bits per heavy atom. The number of sulfonamides is 1. The van der Waals surface area contributed by atoms with E-state index in [1.54, 1.807) is 60.7 Å². The molecule has 0 saturated heterocycles. The molecule has 0 unspecified atom stereocenters. The van der Waals surface area contributed by atoms with Gasteiger partial charge >= 0.3 is 5.97 Å². The van der Waals surface area contributed by atoms with Crippen LogP contribution in [0.5, 0.6) is 5.75 Å². The summed E-state index contributed by atoms with van der Waals surface area (Å²) >= 11 is 0. The Morgan fingerprint density at radius 2 is 1.62 bits per heavy atom. The van der Waals surface area contributed by atoms with Gasteiger partial charge in [-0.15, -0.1) is 0 Å². The molecule has 0 radical (unpaired) electrons. The largest absolute Gasteiger partial charge is 0.479 e. The van der Waals surface area contributed by atoms with Crippen molar-refractivity contribution in [2.75, 3.05) is 17.5 Å². The van der Waals surface area contributed by atoms with Gasteiger partial charge in [-0.25, -0.2) is 17.6 Å². The minimum Gasteiger partial charge on any atom is -0.479 e. The lowest BCUT2D eigenvalue weighted by atomic mass is 10.0. The lowest BCUT2D eigenvalue weighted by molar-refractivity contribution is -0.139. The summed E-state index contributed by atoms with van der Waals surface area (Å²) in [6.45, 7) is 3.56. The smallest absolute Gasteiger partial charge is 0.341 e. The average molecular weight is 458 g/mol. The van der Waals surface area contributed by atoms with Gasteiger partial charge in [-0.05, 0) is 53.4 Å². The summed E-state index contributed by atoms with van der Waals surface area (Å²) in [6.07, 6.45) is 0. The number of carboxylic acids is 1. The highest BCUT2D eigenvalue weighted by molar-refractivity contribution is 7.92. The van der Waals surface area contributed by atoms with Crippen LogP contribution >= 0.6 is 0 Å². The molecule has 0 aliphatic heterocycles. The van der Waals surface area contributed by atoms with Crippen LogP contribution in [-0.2, 0) is 14.8 Å². The Kier molecular flexibility index (Phi) is 7.15. The Balaban J connectivity index is 1.90. The standard InChI is InChI=1S/C24H24FNO5S/c1-17(2)15-26(32(29,30)21-6-4-3-5-7-21)20-11-8-18(9-12-20)19-10-13-23(22(25)14-19)31-16-24(27)28/h3-14,17H,15-16H2,1-2H3,(H,27,28). The molecule has 8 heteroatoms. The lowest BCUT2D eigenvalue weighted by Crippen LogP contribution is -2.34. The summed E-state index contributed by atoms with van der Waals surface area (Å²) < 4.78 is 47.0. The van der Waals surface area contributed by atoms with Crippen molar-refractivity contribution in [1.82, 2.24) is 0 Å². The van der Waals surface area contributed by atoms with E-state index in [9.17, 15) is 17.6 Å². The van der Waals surface area contributed by atoms with E-state index in [-0.39, 0.29) is 16.6 Å². The Bertz CT molecular complexity index is 1180. The molecule has 1 N–H and O–H groups in total. The van der Waals surface area contributed by atoms with Gasteiger partial charge in [0.25, 0.3) is 10.0 Å². The van der Waals surface area contributed by atoms with Crippen LogP contribution in [-0.4, -0.2) is 32.6 Å². The summed E-state index contributed by atoms with van der Waals surface area (Å²) in [7, 11) is -3.74. The summed E-state index contributed by atoms with van der Waals surface area (Å²) in [4.78, 5) is 10.8. The molecule has 0 aliphatic rings. The maximum atomic E-state index is 14.3. The number of rotatable bonds is 9. The molecule has 168 valence electrons. The third kappa shape index (κ3) is 5.45. The first-order valence-corrected chi connectivity index (χ1v) is 11.4. The van der Waals surface area contributed by atoms with Crippen molar-refractivity contribution in [3.63, 3.8) is 0 Å². The first kappa shape index (κ1) is 23.3. The van der Waals surface area contributed by atoms with Crippen LogP contribution in [0.2, 0.25) is 0 Å². The van der Waals surface area contributed by atoms with E-state index in [0.717, 1.165) is 0 Å². The van der Waals surface area contributed by atoms with E-state index in [1.807, 2.05) is 13.8 Å². The maximum absolute atomic E-state index is 14.3. The number of hydrogen-bond donors (Lipinski definition) is 1. The second-order valence-electron chi connectivity index (χ2n) is 7.62. The SMILES string of the molecule is CC(C)CN(c1ccc(-c2ccc(OCC(=O)O)c(F)c2)cc1)S(=O)(=O)c1ccccc1. The number of carboxylic acid groups (broad SMARTS) is 1. The molecular weight excluding hydrogens is 433 g/mol. The van der Waals surface area contributed by atoms with E-state index in [1.165, 1.54) is 16.4 Å². The summed E-state index contributed by atoms with van der Waals surface area (Å²) in [6, 6.07) is 19.3. The quantitative estimate of drug-likeness (QED) is 0.499. The summed E-state index contributed by atoms with van der Waals surface area (Å²) in [5, 5.41) is 8.66. The predicted octanol–water partition coefficient (Wildman–Crippen LogP) is 4.81.